The topological polar surface area (TPSA) is 17.1 Å². The summed E-state index contributed by atoms with van der Waals surface area (Å²) in [5.74, 6) is 0.723. The minimum Gasteiger partial charge on any atom is -0.319 e. The zero-order chi connectivity index (χ0) is 18.8. The molecule has 3 heteroatoms. The van der Waals surface area contributed by atoms with Gasteiger partial charge in [0.15, 0.2) is 0 Å². The van der Waals surface area contributed by atoms with Crippen molar-refractivity contribution in [2.45, 2.75) is 83.7 Å². The average Bonchev–Trinajstić information content (AvgIpc) is 3.20. The number of hydrogen-bond acceptors (Lipinski definition) is 1. The van der Waals surface area contributed by atoms with Crippen LogP contribution in [0.1, 0.15) is 78.6 Å². The van der Waals surface area contributed by atoms with Crippen molar-refractivity contribution in [3.63, 3.8) is 0 Å². The molecule has 3 saturated carbocycles. The summed E-state index contributed by atoms with van der Waals surface area (Å²) in [5.41, 5.74) is 4.99. The third-order valence-electron chi connectivity index (χ3n) is 6.74. The minimum absolute atomic E-state index is 0. The Bertz CT molecular complexity index is 611. The fraction of sp³-hybridized carbons (Fsp3) is 0.625. The first-order chi connectivity index (χ1) is 12.3. The molecule has 0 N–H and O–H groups in total. The van der Waals surface area contributed by atoms with Gasteiger partial charge in [-0.25, -0.2) is 0 Å². The third kappa shape index (κ3) is 5.23. The molecular formula is C24H36CoOP. The summed E-state index contributed by atoms with van der Waals surface area (Å²) >= 11 is 0. The van der Waals surface area contributed by atoms with Gasteiger partial charge in [0.1, 0.15) is 7.14 Å². The van der Waals surface area contributed by atoms with E-state index in [2.05, 4.69) is 27.4 Å². The Hall–Kier alpha value is 0.216. The molecule has 0 spiro atoms. The molecule has 4 aliphatic carbocycles. The maximum absolute atomic E-state index is 13.6. The molecule has 0 aliphatic heterocycles. The van der Waals surface area contributed by atoms with E-state index in [1.54, 1.807) is 16.7 Å². The Balaban J connectivity index is 0.000000379. The van der Waals surface area contributed by atoms with Crippen molar-refractivity contribution in [1.82, 2.24) is 0 Å². The monoisotopic (exact) mass is 430 g/mol. The van der Waals surface area contributed by atoms with Crippen LogP contribution in [0.3, 0.4) is 0 Å². The van der Waals surface area contributed by atoms with E-state index < -0.39 is 7.14 Å². The predicted octanol–water partition coefficient (Wildman–Crippen LogP) is 7.52. The summed E-state index contributed by atoms with van der Waals surface area (Å²) in [5, 5.41) is 1.30. The van der Waals surface area contributed by atoms with Crippen LogP contribution in [0.2, 0.25) is 0 Å². The molecule has 0 heterocycles. The van der Waals surface area contributed by atoms with E-state index in [-0.39, 0.29) is 21.9 Å². The van der Waals surface area contributed by atoms with Crippen molar-refractivity contribution < 1.29 is 21.3 Å². The molecule has 0 bridgehead atoms. The van der Waals surface area contributed by atoms with Gasteiger partial charge >= 0.3 is 0 Å². The molecule has 1 nitrogen and oxygen atoms in total. The van der Waals surface area contributed by atoms with E-state index in [0.29, 0.717) is 0 Å². The van der Waals surface area contributed by atoms with E-state index in [4.69, 9.17) is 0 Å². The molecule has 152 valence electrons. The molecule has 2 atom stereocenters. The maximum atomic E-state index is 13.6. The van der Waals surface area contributed by atoms with Crippen LogP contribution in [-0.4, -0.2) is 11.8 Å². The molecule has 0 unspecified atom stereocenters. The zero-order valence-electron chi connectivity index (χ0n) is 17.5. The average molecular weight is 430 g/mol. The molecule has 3 fully saturated rings. The fourth-order valence-electron chi connectivity index (χ4n) is 4.80. The molecular weight excluding hydrogens is 394 g/mol. The van der Waals surface area contributed by atoms with E-state index in [1.807, 2.05) is 32.1 Å². The van der Waals surface area contributed by atoms with E-state index in [1.165, 1.54) is 56.7 Å². The Morgan fingerprint density at radius 1 is 0.852 bits per heavy atom. The summed E-state index contributed by atoms with van der Waals surface area (Å²) in [4.78, 5) is 0. The van der Waals surface area contributed by atoms with Crippen LogP contribution >= 0.6 is 7.14 Å². The van der Waals surface area contributed by atoms with Crippen LogP contribution in [0.5, 0.6) is 0 Å². The molecule has 0 amide bonds. The third-order valence-corrected chi connectivity index (χ3v) is 10.8. The SMILES string of the molecule is CC(C)(C)[P@@](C)(=O)C1=C2CCCCC2=C2CCCC[C@H]2C1.[CH]1[CH][CH][CH][CH]1.[Co]. The first-order valence-corrected chi connectivity index (χ1v) is 12.7. The largest absolute Gasteiger partial charge is 0.319 e. The summed E-state index contributed by atoms with van der Waals surface area (Å²) in [6.45, 7) is 8.58. The summed E-state index contributed by atoms with van der Waals surface area (Å²) < 4.78 is 13.6. The van der Waals surface area contributed by atoms with Crippen LogP contribution < -0.4 is 0 Å². The van der Waals surface area contributed by atoms with Crippen molar-refractivity contribution in [3.05, 3.63) is 54.1 Å². The van der Waals surface area contributed by atoms with Crippen LogP contribution in [-0.2, 0) is 21.3 Å². The van der Waals surface area contributed by atoms with Gasteiger partial charge in [0.2, 0.25) is 0 Å². The molecule has 0 aromatic heterocycles. The zero-order valence-corrected chi connectivity index (χ0v) is 19.5. The van der Waals surface area contributed by atoms with E-state index in [0.717, 1.165) is 12.3 Å². The Morgan fingerprint density at radius 3 is 1.93 bits per heavy atom. The van der Waals surface area contributed by atoms with Gasteiger partial charge in [-0.05, 0) is 113 Å². The van der Waals surface area contributed by atoms with Crippen molar-refractivity contribution >= 4 is 7.14 Å². The molecule has 27 heavy (non-hydrogen) atoms. The van der Waals surface area contributed by atoms with E-state index in [9.17, 15) is 4.57 Å². The van der Waals surface area contributed by atoms with Gasteiger partial charge < -0.3 is 4.57 Å². The van der Waals surface area contributed by atoms with E-state index >= 15 is 0 Å². The summed E-state index contributed by atoms with van der Waals surface area (Å²) in [7, 11) is -2.26. The summed E-state index contributed by atoms with van der Waals surface area (Å²) in [6, 6.07) is 0. The smallest absolute Gasteiger partial charge is 0.114 e. The second-order valence-corrected chi connectivity index (χ2v) is 13.1. The Morgan fingerprint density at radius 2 is 1.37 bits per heavy atom. The van der Waals surface area contributed by atoms with Crippen LogP contribution in [0, 0.1) is 38.0 Å². The first-order valence-electron chi connectivity index (χ1n) is 10.5. The second-order valence-electron chi connectivity index (χ2n) is 9.34. The summed E-state index contributed by atoms with van der Waals surface area (Å²) in [6.07, 6.45) is 21.6. The van der Waals surface area contributed by atoms with Gasteiger partial charge in [0.25, 0.3) is 0 Å². The molecule has 0 aromatic rings. The molecule has 0 aromatic carbocycles. The second kappa shape index (κ2) is 9.81. The normalized spacial score (nSPS) is 27.6. The van der Waals surface area contributed by atoms with Crippen molar-refractivity contribution in [2.75, 3.05) is 6.66 Å². The van der Waals surface area contributed by atoms with Gasteiger partial charge in [0, 0.05) is 21.9 Å². The molecule has 4 rings (SSSR count). The Kier molecular flexibility index (Phi) is 8.54. The fourth-order valence-corrected chi connectivity index (χ4v) is 6.94. The number of rotatable bonds is 1. The molecule has 0 saturated heterocycles. The number of fused-ring (bicyclic) bond motifs is 2. The standard InChI is InChI=1S/C19H31OP.C5H5.Co/c1-19(2,3)21(4,20)18-13-14-9-5-6-10-15(14)16-11-7-8-12-17(16)18;1-2-4-5-3-1;/h14H,5-13H2,1-4H3;1-5H;/t14-,21-;;/m0../s1. The van der Waals surface area contributed by atoms with Crippen molar-refractivity contribution in [2.24, 2.45) is 5.92 Å². The van der Waals surface area contributed by atoms with Crippen LogP contribution in [0.25, 0.3) is 0 Å². The van der Waals surface area contributed by atoms with Crippen LogP contribution in [0.4, 0.5) is 0 Å². The quantitative estimate of drug-likeness (QED) is 0.393. The van der Waals surface area contributed by atoms with Gasteiger partial charge in [-0.1, -0.05) is 32.8 Å². The van der Waals surface area contributed by atoms with Gasteiger partial charge in [-0.3, -0.25) is 0 Å². The number of allylic oxidation sites excluding steroid dienone is 4. The Labute approximate surface area is 178 Å². The van der Waals surface area contributed by atoms with Gasteiger partial charge in [-0.2, -0.15) is 0 Å². The molecule has 4 aliphatic rings. The van der Waals surface area contributed by atoms with Crippen molar-refractivity contribution in [3.8, 4) is 0 Å². The van der Waals surface area contributed by atoms with Gasteiger partial charge in [0.05, 0.1) is 0 Å². The maximum Gasteiger partial charge on any atom is 0.114 e. The minimum atomic E-state index is -2.26. The van der Waals surface area contributed by atoms with Crippen molar-refractivity contribution in [1.29, 1.82) is 0 Å². The first kappa shape index (κ1) is 23.5. The number of hydrogen-bond donors (Lipinski definition) is 0. The van der Waals surface area contributed by atoms with Gasteiger partial charge in [-0.15, -0.1) is 0 Å². The molecule has 6 radical (unpaired) electrons. The van der Waals surface area contributed by atoms with Crippen LogP contribution in [0.15, 0.2) is 22.0 Å². The predicted molar refractivity (Wildman–Crippen MR) is 114 cm³/mol.